The zero-order valence-electron chi connectivity index (χ0n) is 12.6. The number of nitrogens with one attached hydrogen (secondary N) is 1. The Morgan fingerprint density at radius 1 is 1.19 bits per heavy atom. The molecular formula is C15H21F4NS. The van der Waals surface area contributed by atoms with Gasteiger partial charge in [-0.05, 0) is 24.2 Å². The topological polar surface area (TPSA) is 12.0 Å². The normalized spacial score (nSPS) is 14.3. The molecule has 0 amide bonds. The molecule has 0 radical (unpaired) electrons. The van der Waals surface area contributed by atoms with Crippen molar-refractivity contribution in [2.45, 2.75) is 44.7 Å². The molecular weight excluding hydrogens is 302 g/mol. The summed E-state index contributed by atoms with van der Waals surface area (Å²) in [6.45, 7) is 8.77. The molecule has 0 saturated carbocycles. The lowest BCUT2D eigenvalue weighted by Gasteiger charge is -2.24. The first-order chi connectivity index (χ1) is 9.54. The van der Waals surface area contributed by atoms with E-state index in [1.54, 1.807) is 11.8 Å². The van der Waals surface area contributed by atoms with Gasteiger partial charge >= 0.3 is 6.18 Å². The van der Waals surface area contributed by atoms with Crippen LogP contribution in [0.3, 0.4) is 0 Å². The Morgan fingerprint density at radius 3 is 2.24 bits per heavy atom. The lowest BCUT2D eigenvalue weighted by atomic mass is 10.0. The standard InChI is InChI=1S/C15H21F4NS/c1-5-20-13(9-21-14(2,3)4)10-6-7-11(12(16)8-10)15(17,18)19/h6-8,13,20H,5,9H2,1-4H3. The fourth-order valence-electron chi connectivity index (χ4n) is 1.83. The van der Waals surface area contributed by atoms with Gasteiger partial charge in [0.25, 0.3) is 0 Å². The smallest absolute Gasteiger partial charge is 0.310 e. The van der Waals surface area contributed by atoms with Crippen molar-refractivity contribution in [3.63, 3.8) is 0 Å². The van der Waals surface area contributed by atoms with E-state index in [0.29, 0.717) is 17.9 Å². The molecule has 1 atom stereocenters. The predicted molar refractivity (Wildman–Crippen MR) is 80.0 cm³/mol. The van der Waals surface area contributed by atoms with Gasteiger partial charge in [0.15, 0.2) is 0 Å². The van der Waals surface area contributed by atoms with Crippen LogP contribution in [0.4, 0.5) is 17.6 Å². The molecule has 21 heavy (non-hydrogen) atoms. The van der Waals surface area contributed by atoms with E-state index in [0.717, 1.165) is 12.1 Å². The molecule has 6 heteroatoms. The van der Waals surface area contributed by atoms with Crippen LogP contribution in [0.25, 0.3) is 0 Å². The minimum absolute atomic E-state index is 0.0398. The number of thioether (sulfide) groups is 1. The highest BCUT2D eigenvalue weighted by atomic mass is 32.2. The predicted octanol–water partition coefficient (Wildman–Crippen LogP) is 5.03. The molecule has 120 valence electrons. The molecule has 0 spiro atoms. The van der Waals surface area contributed by atoms with Gasteiger partial charge < -0.3 is 5.32 Å². The lowest BCUT2D eigenvalue weighted by molar-refractivity contribution is -0.140. The fraction of sp³-hybridized carbons (Fsp3) is 0.600. The molecule has 0 heterocycles. The molecule has 1 rings (SSSR count). The quantitative estimate of drug-likeness (QED) is 0.763. The Kier molecular flexibility index (Phi) is 6.11. The summed E-state index contributed by atoms with van der Waals surface area (Å²) in [5.74, 6) is -0.550. The van der Waals surface area contributed by atoms with Crippen LogP contribution in [-0.4, -0.2) is 17.0 Å². The van der Waals surface area contributed by atoms with Gasteiger partial charge in [0.2, 0.25) is 0 Å². The zero-order valence-corrected chi connectivity index (χ0v) is 13.5. The molecule has 1 aromatic rings. The summed E-state index contributed by atoms with van der Waals surface area (Å²) in [6, 6.07) is 2.98. The van der Waals surface area contributed by atoms with Crippen LogP contribution in [0.1, 0.15) is 44.9 Å². The third kappa shape index (κ3) is 5.87. The summed E-state index contributed by atoms with van der Waals surface area (Å²) in [6.07, 6.45) is -4.66. The number of alkyl halides is 3. The van der Waals surface area contributed by atoms with Crippen molar-refractivity contribution >= 4 is 11.8 Å². The van der Waals surface area contributed by atoms with E-state index in [-0.39, 0.29) is 10.8 Å². The maximum absolute atomic E-state index is 13.7. The molecule has 1 nitrogen and oxygen atoms in total. The first-order valence-corrected chi connectivity index (χ1v) is 7.77. The van der Waals surface area contributed by atoms with Crippen molar-refractivity contribution in [1.29, 1.82) is 0 Å². The molecule has 1 N–H and O–H groups in total. The van der Waals surface area contributed by atoms with Gasteiger partial charge in [0.05, 0.1) is 5.56 Å². The molecule has 0 bridgehead atoms. The Balaban J connectivity index is 2.96. The second-order valence-electron chi connectivity index (χ2n) is 5.77. The number of halogens is 4. The number of rotatable bonds is 5. The van der Waals surface area contributed by atoms with Gasteiger partial charge in [-0.2, -0.15) is 24.9 Å². The third-order valence-corrected chi connectivity index (χ3v) is 4.20. The molecule has 1 unspecified atom stereocenters. The fourth-order valence-corrected chi connectivity index (χ4v) is 2.81. The minimum Gasteiger partial charge on any atom is -0.310 e. The molecule has 0 saturated heterocycles. The van der Waals surface area contributed by atoms with Crippen LogP contribution in [0.15, 0.2) is 18.2 Å². The largest absolute Gasteiger partial charge is 0.419 e. The van der Waals surface area contributed by atoms with E-state index in [1.807, 2.05) is 6.92 Å². The van der Waals surface area contributed by atoms with Crippen LogP contribution < -0.4 is 5.32 Å². The zero-order chi connectivity index (χ0) is 16.3. The minimum atomic E-state index is -4.66. The van der Waals surface area contributed by atoms with E-state index >= 15 is 0 Å². The van der Waals surface area contributed by atoms with E-state index in [2.05, 4.69) is 26.1 Å². The SMILES string of the molecule is CCNC(CSC(C)(C)C)c1ccc(C(F)(F)F)c(F)c1. The number of hydrogen-bond acceptors (Lipinski definition) is 2. The van der Waals surface area contributed by atoms with Crippen LogP contribution in [0, 0.1) is 5.82 Å². The Hall–Kier alpha value is -0.750. The number of benzene rings is 1. The highest BCUT2D eigenvalue weighted by Gasteiger charge is 2.34. The molecule has 0 aliphatic heterocycles. The van der Waals surface area contributed by atoms with Crippen molar-refractivity contribution < 1.29 is 17.6 Å². The molecule has 0 fully saturated rings. The van der Waals surface area contributed by atoms with Crippen LogP contribution in [0.2, 0.25) is 0 Å². The van der Waals surface area contributed by atoms with Crippen molar-refractivity contribution in [2.24, 2.45) is 0 Å². The molecule has 1 aromatic carbocycles. The van der Waals surface area contributed by atoms with E-state index < -0.39 is 17.6 Å². The second-order valence-corrected chi connectivity index (χ2v) is 7.62. The van der Waals surface area contributed by atoms with Gasteiger partial charge in [-0.3, -0.25) is 0 Å². The summed E-state index contributed by atoms with van der Waals surface area (Å²) in [4.78, 5) is 0. The maximum atomic E-state index is 13.7. The van der Waals surface area contributed by atoms with Crippen molar-refractivity contribution in [3.8, 4) is 0 Å². The summed E-state index contributed by atoms with van der Waals surface area (Å²) in [5, 5.41) is 3.19. The van der Waals surface area contributed by atoms with Crippen molar-refractivity contribution in [3.05, 3.63) is 35.1 Å². The second kappa shape index (κ2) is 7.01. The van der Waals surface area contributed by atoms with E-state index in [9.17, 15) is 17.6 Å². The average Bonchev–Trinajstić information content (AvgIpc) is 2.31. The summed E-state index contributed by atoms with van der Waals surface area (Å²) in [7, 11) is 0. The van der Waals surface area contributed by atoms with Crippen LogP contribution >= 0.6 is 11.8 Å². The highest BCUT2D eigenvalue weighted by Crippen LogP contribution is 2.34. The van der Waals surface area contributed by atoms with Crippen molar-refractivity contribution in [1.82, 2.24) is 5.32 Å². The van der Waals surface area contributed by atoms with Crippen LogP contribution in [-0.2, 0) is 6.18 Å². The highest BCUT2D eigenvalue weighted by molar-refractivity contribution is 8.00. The third-order valence-electron chi connectivity index (χ3n) is 2.83. The van der Waals surface area contributed by atoms with Gasteiger partial charge in [-0.15, -0.1) is 0 Å². The lowest BCUT2D eigenvalue weighted by Crippen LogP contribution is -2.25. The van der Waals surface area contributed by atoms with Gasteiger partial charge in [-0.25, -0.2) is 4.39 Å². The van der Waals surface area contributed by atoms with E-state index in [4.69, 9.17) is 0 Å². The molecule has 0 aliphatic rings. The molecule has 0 aliphatic carbocycles. The summed E-state index contributed by atoms with van der Waals surface area (Å²) in [5.41, 5.74) is -0.677. The van der Waals surface area contributed by atoms with Crippen LogP contribution in [0.5, 0.6) is 0 Å². The van der Waals surface area contributed by atoms with Gasteiger partial charge in [0.1, 0.15) is 5.82 Å². The van der Waals surface area contributed by atoms with Crippen molar-refractivity contribution in [2.75, 3.05) is 12.3 Å². The Labute approximate surface area is 127 Å². The van der Waals surface area contributed by atoms with Gasteiger partial charge in [-0.1, -0.05) is 33.8 Å². The average molecular weight is 323 g/mol. The summed E-state index contributed by atoms with van der Waals surface area (Å²) < 4.78 is 51.4. The summed E-state index contributed by atoms with van der Waals surface area (Å²) >= 11 is 1.68. The number of hydrogen-bond donors (Lipinski definition) is 1. The Bertz CT molecular complexity index is 466. The Morgan fingerprint density at radius 2 is 1.81 bits per heavy atom. The first-order valence-electron chi connectivity index (χ1n) is 6.78. The monoisotopic (exact) mass is 323 g/mol. The van der Waals surface area contributed by atoms with Gasteiger partial charge in [0, 0.05) is 16.5 Å². The van der Waals surface area contributed by atoms with E-state index in [1.165, 1.54) is 6.07 Å². The molecule has 0 aromatic heterocycles. The maximum Gasteiger partial charge on any atom is 0.419 e. The first kappa shape index (κ1) is 18.3.